The molecule has 2 aromatic carbocycles. The molecule has 0 spiro atoms. The summed E-state index contributed by atoms with van der Waals surface area (Å²) < 4.78 is 39.1. The zero-order valence-corrected chi connectivity index (χ0v) is 20.2. The molecule has 184 valence electrons. The van der Waals surface area contributed by atoms with Crippen molar-refractivity contribution >= 4 is 22.1 Å². The van der Waals surface area contributed by atoms with E-state index in [2.05, 4.69) is 4.72 Å². The lowest BCUT2D eigenvalue weighted by Gasteiger charge is -2.35. The van der Waals surface area contributed by atoms with Crippen LogP contribution in [0.4, 0.5) is 4.79 Å². The van der Waals surface area contributed by atoms with Crippen LogP contribution in [0.5, 0.6) is 11.5 Å². The molecule has 0 saturated carbocycles. The van der Waals surface area contributed by atoms with E-state index in [1.165, 1.54) is 29.2 Å². The number of benzene rings is 2. The Morgan fingerprint density at radius 3 is 2.09 bits per heavy atom. The minimum absolute atomic E-state index is 0.0645. The van der Waals surface area contributed by atoms with Crippen LogP contribution in [0.1, 0.15) is 33.6 Å². The Morgan fingerprint density at radius 2 is 1.56 bits per heavy atom. The molecule has 1 fully saturated rings. The number of rotatable bonds is 7. The molecule has 1 amide bonds. The summed E-state index contributed by atoms with van der Waals surface area (Å²) in [5.41, 5.74) is -0.630. The molecule has 3 rings (SSSR count). The van der Waals surface area contributed by atoms with Crippen molar-refractivity contribution in [2.75, 3.05) is 13.1 Å². The predicted molar refractivity (Wildman–Crippen MR) is 125 cm³/mol. The first kappa shape index (κ1) is 25.5. The molecule has 2 N–H and O–H groups in total. The summed E-state index contributed by atoms with van der Waals surface area (Å²) in [4.78, 5) is 25.6. The fourth-order valence-electron chi connectivity index (χ4n) is 3.64. The third-order valence-corrected chi connectivity index (χ3v) is 6.78. The monoisotopic (exact) mass is 490 g/mol. The van der Waals surface area contributed by atoms with Crippen molar-refractivity contribution in [1.29, 1.82) is 0 Å². The van der Waals surface area contributed by atoms with Crippen LogP contribution < -0.4 is 9.46 Å². The van der Waals surface area contributed by atoms with E-state index in [0.717, 1.165) is 0 Å². The minimum Gasteiger partial charge on any atom is -0.480 e. The summed E-state index contributed by atoms with van der Waals surface area (Å²) in [6.07, 6.45) is 0.210. The number of para-hydroxylation sites is 1. The van der Waals surface area contributed by atoms with Crippen LogP contribution >= 0.6 is 0 Å². The molecule has 1 atom stereocenters. The Labute approximate surface area is 199 Å². The number of amides is 1. The number of hydrogen-bond acceptors (Lipinski definition) is 6. The van der Waals surface area contributed by atoms with Crippen LogP contribution in [0, 0.1) is 5.92 Å². The molecule has 1 heterocycles. The van der Waals surface area contributed by atoms with E-state index in [1.807, 2.05) is 18.2 Å². The summed E-state index contributed by atoms with van der Waals surface area (Å²) in [6.45, 7) is 5.89. The Morgan fingerprint density at radius 1 is 1.00 bits per heavy atom. The summed E-state index contributed by atoms with van der Waals surface area (Å²) in [5, 5.41) is 9.72. The first-order valence-corrected chi connectivity index (χ1v) is 12.5. The van der Waals surface area contributed by atoms with Crippen molar-refractivity contribution < 1.29 is 32.6 Å². The number of aliphatic carboxylic acids is 1. The van der Waals surface area contributed by atoms with E-state index in [1.54, 1.807) is 32.9 Å². The average molecular weight is 491 g/mol. The highest BCUT2D eigenvalue weighted by Gasteiger charge is 2.36. The molecular weight excluding hydrogens is 460 g/mol. The van der Waals surface area contributed by atoms with Crippen LogP contribution in [-0.4, -0.2) is 55.2 Å². The van der Waals surface area contributed by atoms with Gasteiger partial charge in [-0.15, -0.1) is 0 Å². The van der Waals surface area contributed by atoms with Gasteiger partial charge in [0.25, 0.3) is 0 Å². The number of carboxylic acids is 1. The van der Waals surface area contributed by atoms with Gasteiger partial charge in [0, 0.05) is 13.1 Å². The van der Waals surface area contributed by atoms with Gasteiger partial charge in [-0.05, 0) is 75.9 Å². The van der Waals surface area contributed by atoms with E-state index >= 15 is 0 Å². The molecule has 0 aromatic heterocycles. The molecule has 9 nitrogen and oxygen atoms in total. The highest BCUT2D eigenvalue weighted by molar-refractivity contribution is 7.89. The minimum atomic E-state index is -4.09. The number of ether oxygens (including phenoxy) is 2. The lowest BCUT2D eigenvalue weighted by molar-refractivity contribution is -0.140. The molecule has 1 saturated heterocycles. The number of piperidine rings is 1. The van der Waals surface area contributed by atoms with Gasteiger partial charge in [0.2, 0.25) is 10.0 Å². The zero-order chi connectivity index (χ0) is 24.9. The fraction of sp³-hybridized carbons (Fsp3) is 0.417. The van der Waals surface area contributed by atoms with Crippen LogP contribution in [0.15, 0.2) is 59.5 Å². The first-order valence-electron chi connectivity index (χ1n) is 11.0. The second kappa shape index (κ2) is 10.4. The molecule has 1 aliphatic heterocycles. The summed E-state index contributed by atoms with van der Waals surface area (Å²) in [5.74, 6) is -0.663. The number of carboxylic acid groups (broad SMARTS) is 1. The number of sulfonamides is 1. The van der Waals surface area contributed by atoms with Gasteiger partial charge in [-0.25, -0.2) is 13.2 Å². The SMILES string of the molecule is CC(C)(C)OC(=O)N1CCC(C(NS(=O)(=O)c2ccc(Oc3ccccc3)cc2)C(=O)O)CC1. The van der Waals surface area contributed by atoms with Crippen LogP contribution in [0.3, 0.4) is 0 Å². The number of likely N-dealkylation sites (tertiary alicyclic amines) is 1. The first-order chi connectivity index (χ1) is 15.9. The molecule has 2 aromatic rings. The zero-order valence-electron chi connectivity index (χ0n) is 19.4. The number of hydrogen-bond donors (Lipinski definition) is 2. The molecular formula is C24H30N2O7S. The number of carbonyl (C=O) groups is 2. The molecule has 0 aliphatic carbocycles. The Bertz CT molecular complexity index is 1090. The van der Waals surface area contributed by atoms with Gasteiger partial charge in [-0.2, -0.15) is 4.72 Å². The molecule has 0 bridgehead atoms. The topological polar surface area (TPSA) is 122 Å². The smallest absolute Gasteiger partial charge is 0.410 e. The number of nitrogens with zero attached hydrogens (tertiary/aromatic N) is 1. The van der Waals surface area contributed by atoms with Crippen molar-refractivity contribution in [3.63, 3.8) is 0 Å². The Hall–Kier alpha value is -3.11. The highest BCUT2D eigenvalue weighted by Crippen LogP contribution is 2.26. The Balaban J connectivity index is 1.63. The number of carbonyl (C=O) groups excluding carboxylic acids is 1. The summed E-state index contributed by atoms with van der Waals surface area (Å²) >= 11 is 0. The van der Waals surface area contributed by atoms with Gasteiger partial charge >= 0.3 is 12.1 Å². The van der Waals surface area contributed by atoms with E-state index in [4.69, 9.17) is 9.47 Å². The number of nitrogens with one attached hydrogen (secondary N) is 1. The van der Waals surface area contributed by atoms with E-state index < -0.39 is 39.6 Å². The van der Waals surface area contributed by atoms with Crippen LogP contribution in [0.25, 0.3) is 0 Å². The van der Waals surface area contributed by atoms with Crippen molar-refractivity contribution in [2.24, 2.45) is 5.92 Å². The van der Waals surface area contributed by atoms with Crippen LogP contribution in [0.2, 0.25) is 0 Å². The van der Waals surface area contributed by atoms with Gasteiger partial charge < -0.3 is 19.5 Å². The van der Waals surface area contributed by atoms with Gasteiger partial charge in [-0.3, -0.25) is 4.79 Å². The highest BCUT2D eigenvalue weighted by atomic mass is 32.2. The van der Waals surface area contributed by atoms with Crippen molar-refractivity contribution in [3.05, 3.63) is 54.6 Å². The molecule has 0 radical (unpaired) electrons. The molecule has 34 heavy (non-hydrogen) atoms. The van der Waals surface area contributed by atoms with Gasteiger partial charge in [0.15, 0.2) is 0 Å². The van der Waals surface area contributed by atoms with E-state index in [-0.39, 0.29) is 18.0 Å². The van der Waals surface area contributed by atoms with Crippen molar-refractivity contribution in [3.8, 4) is 11.5 Å². The fourth-order valence-corrected chi connectivity index (χ4v) is 4.89. The standard InChI is InChI=1S/C24H30N2O7S/c1-24(2,3)33-23(29)26-15-13-17(14-16-26)21(22(27)28)25-34(30,31)20-11-9-19(10-12-20)32-18-7-5-4-6-8-18/h4-12,17,21,25H,13-16H2,1-3H3,(H,27,28). The maximum atomic E-state index is 12.9. The van der Waals surface area contributed by atoms with Gasteiger partial charge in [0.1, 0.15) is 23.1 Å². The lowest BCUT2D eigenvalue weighted by Crippen LogP contribution is -2.50. The quantitative estimate of drug-likeness (QED) is 0.604. The predicted octanol–water partition coefficient (Wildman–Crippen LogP) is 3.86. The van der Waals surface area contributed by atoms with Gasteiger partial charge in [0.05, 0.1) is 4.90 Å². The molecule has 1 unspecified atom stereocenters. The second-order valence-electron chi connectivity index (χ2n) is 9.13. The van der Waals surface area contributed by atoms with Gasteiger partial charge in [-0.1, -0.05) is 18.2 Å². The van der Waals surface area contributed by atoms with Crippen molar-refractivity contribution in [2.45, 2.75) is 50.2 Å². The molecule has 1 aliphatic rings. The van der Waals surface area contributed by atoms with Crippen molar-refractivity contribution in [1.82, 2.24) is 9.62 Å². The average Bonchev–Trinajstić information content (AvgIpc) is 2.77. The van der Waals surface area contributed by atoms with Crippen LogP contribution in [-0.2, 0) is 19.6 Å². The maximum absolute atomic E-state index is 12.9. The normalized spacial score (nSPS) is 16.0. The largest absolute Gasteiger partial charge is 0.480 e. The third-order valence-electron chi connectivity index (χ3n) is 5.32. The second-order valence-corrected chi connectivity index (χ2v) is 10.8. The Kier molecular flexibility index (Phi) is 7.83. The summed E-state index contributed by atoms with van der Waals surface area (Å²) in [7, 11) is -4.09. The van der Waals surface area contributed by atoms with E-state index in [0.29, 0.717) is 24.3 Å². The lowest BCUT2D eigenvalue weighted by atomic mass is 9.90. The van der Waals surface area contributed by atoms with E-state index in [9.17, 15) is 23.1 Å². The third kappa shape index (κ3) is 6.94. The maximum Gasteiger partial charge on any atom is 0.410 e. The molecule has 10 heteroatoms. The summed E-state index contributed by atoms with van der Waals surface area (Å²) in [6, 6.07) is 13.5.